The minimum Gasteiger partial charge on any atom is -0.507 e. The molecule has 1 aromatic rings. The van der Waals surface area contributed by atoms with Crippen LogP contribution in [-0.2, 0) is 4.74 Å². The van der Waals surface area contributed by atoms with E-state index >= 15 is 0 Å². The second-order valence-corrected chi connectivity index (χ2v) is 8.75. The third kappa shape index (κ3) is 5.06. The molecule has 33 heavy (non-hydrogen) atoms. The molecule has 1 saturated heterocycles. The van der Waals surface area contributed by atoms with Gasteiger partial charge in [-0.2, -0.15) is 0 Å². The number of aromatic hydroxyl groups is 1. The van der Waals surface area contributed by atoms with Crippen LogP contribution in [0.3, 0.4) is 0 Å². The number of nitrogens with zero attached hydrogens (tertiary/aromatic N) is 2. The fraction of sp³-hybridized carbons (Fsp3) is 0.440. The summed E-state index contributed by atoms with van der Waals surface area (Å²) in [6.45, 7) is 5.05. The molecule has 2 aliphatic heterocycles. The summed E-state index contributed by atoms with van der Waals surface area (Å²) in [6.07, 6.45) is 11.9. The van der Waals surface area contributed by atoms with Crippen LogP contribution in [0.2, 0.25) is 0 Å². The van der Waals surface area contributed by atoms with E-state index in [9.17, 15) is 5.11 Å². The Morgan fingerprint density at radius 2 is 2.06 bits per heavy atom. The summed E-state index contributed by atoms with van der Waals surface area (Å²) in [5.41, 5.74) is 8.04. The number of nitrogens with one attached hydrogen (secondary N) is 4. The Morgan fingerprint density at radius 1 is 1.24 bits per heavy atom. The van der Waals surface area contributed by atoms with Gasteiger partial charge < -0.3 is 25.6 Å². The van der Waals surface area contributed by atoms with Gasteiger partial charge in [-0.15, -0.1) is 0 Å². The Morgan fingerprint density at radius 3 is 2.73 bits per heavy atom. The fourth-order valence-corrected chi connectivity index (χ4v) is 4.74. The molecule has 5 N–H and O–H groups in total. The number of hydrogen-bond acceptors (Lipinski definition) is 7. The average molecular weight is 451 g/mol. The van der Waals surface area contributed by atoms with Gasteiger partial charge in [-0.25, -0.2) is 0 Å². The van der Waals surface area contributed by atoms with Crippen LogP contribution >= 0.6 is 0 Å². The molecule has 0 aromatic heterocycles. The Hall–Kier alpha value is -3.26. The first-order valence-electron chi connectivity index (χ1n) is 11.7. The fourth-order valence-electron chi connectivity index (χ4n) is 4.74. The van der Waals surface area contributed by atoms with Crippen LogP contribution in [0.15, 0.2) is 48.5 Å². The normalized spacial score (nSPS) is 20.7. The largest absolute Gasteiger partial charge is 0.507 e. The second kappa shape index (κ2) is 10.1. The molecule has 1 saturated carbocycles. The number of likely N-dealkylation sites (tertiary alicyclic amines) is 1. The van der Waals surface area contributed by atoms with Crippen LogP contribution in [0.4, 0.5) is 0 Å². The number of benzene rings is 1. The summed E-state index contributed by atoms with van der Waals surface area (Å²) in [6, 6.07) is 6.45. The van der Waals surface area contributed by atoms with Crippen molar-refractivity contribution in [3.05, 3.63) is 59.6 Å². The zero-order valence-corrected chi connectivity index (χ0v) is 19.4. The maximum Gasteiger partial charge on any atom is 0.205 e. The number of rotatable bonds is 8. The monoisotopic (exact) mass is 450 g/mol. The maximum absolute atomic E-state index is 10.5. The Balaban J connectivity index is 1.37. The summed E-state index contributed by atoms with van der Waals surface area (Å²) in [4.78, 5) is 4.70. The van der Waals surface area contributed by atoms with Crippen LogP contribution in [0.25, 0.3) is 5.57 Å². The van der Waals surface area contributed by atoms with Gasteiger partial charge in [-0.3, -0.25) is 15.7 Å². The number of likely N-dealkylation sites (N-methyl/N-ethyl adjacent to an activating group) is 1. The maximum atomic E-state index is 10.5. The molecule has 2 heterocycles. The highest BCUT2D eigenvalue weighted by atomic mass is 16.5. The van der Waals surface area contributed by atoms with Crippen molar-refractivity contribution in [2.24, 2.45) is 0 Å². The van der Waals surface area contributed by atoms with Crippen LogP contribution in [-0.4, -0.2) is 65.3 Å². The van der Waals surface area contributed by atoms with Gasteiger partial charge in [0.25, 0.3) is 0 Å². The van der Waals surface area contributed by atoms with Gasteiger partial charge in [0.15, 0.2) is 0 Å². The lowest BCUT2D eigenvalue weighted by molar-refractivity contribution is 0.0907. The van der Waals surface area contributed by atoms with E-state index < -0.39 is 0 Å². The van der Waals surface area contributed by atoms with E-state index in [1.165, 1.54) is 19.3 Å². The quantitative estimate of drug-likeness (QED) is 0.308. The number of phenols is 1. The van der Waals surface area contributed by atoms with Crippen molar-refractivity contribution in [3.8, 4) is 5.75 Å². The SMILES string of the molecule is CCN(C1CCC1)C1CCN(C(=N)/C=C\C(=N)c2ccc(C3=CNNC(OC)=C3)cc2O)C1. The van der Waals surface area contributed by atoms with Crippen molar-refractivity contribution < 1.29 is 9.84 Å². The first-order valence-corrected chi connectivity index (χ1v) is 11.7. The molecule has 0 radical (unpaired) electrons. The van der Waals surface area contributed by atoms with Crippen molar-refractivity contribution in [2.75, 3.05) is 26.7 Å². The molecular formula is C25H34N6O2. The molecule has 1 atom stereocenters. The van der Waals surface area contributed by atoms with E-state index in [2.05, 4.69) is 27.6 Å². The first-order chi connectivity index (χ1) is 16.0. The Bertz CT molecular complexity index is 995. The number of amidine groups is 1. The van der Waals surface area contributed by atoms with Crippen molar-refractivity contribution in [3.63, 3.8) is 0 Å². The molecule has 176 valence electrons. The Kier molecular flexibility index (Phi) is 7.03. The molecule has 2 fully saturated rings. The third-order valence-corrected chi connectivity index (χ3v) is 6.84. The molecular weight excluding hydrogens is 416 g/mol. The molecule has 8 heteroatoms. The topological polar surface area (TPSA) is 108 Å². The highest BCUT2D eigenvalue weighted by Crippen LogP contribution is 2.29. The predicted molar refractivity (Wildman–Crippen MR) is 131 cm³/mol. The van der Waals surface area contributed by atoms with Crippen LogP contribution < -0.4 is 10.9 Å². The average Bonchev–Trinajstić information content (AvgIpc) is 3.29. The molecule has 1 aliphatic carbocycles. The second-order valence-electron chi connectivity index (χ2n) is 8.75. The molecule has 1 aromatic carbocycles. The van der Waals surface area contributed by atoms with E-state index in [0.717, 1.165) is 43.2 Å². The minimum atomic E-state index is 0.0285. The number of ether oxygens (including phenoxy) is 1. The highest BCUT2D eigenvalue weighted by molar-refractivity contribution is 6.11. The van der Waals surface area contributed by atoms with E-state index in [1.54, 1.807) is 37.6 Å². The van der Waals surface area contributed by atoms with Crippen LogP contribution in [0.5, 0.6) is 5.75 Å². The van der Waals surface area contributed by atoms with Crippen LogP contribution in [0.1, 0.15) is 43.7 Å². The number of hydrazine groups is 1. The van der Waals surface area contributed by atoms with Gasteiger partial charge in [0.05, 0.1) is 12.8 Å². The van der Waals surface area contributed by atoms with E-state index in [4.69, 9.17) is 15.6 Å². The minimum absolute atomic E-state index is 0.0285. The standard InChI is InChI=1S/C25H34N6O2/c1-3-31(19-5-4-6-19)20-11-12-30(16-20)24(27)10-9-22(26)21-8-7-17(13-23(21)32)18-14-25(33-2)29-28-15-18/h7-10,13-15,19-20,26-29,32H,3-6,11-12,16H2,1-2H3/b10-9-,26-22?,27-24?. The summed E-state index contributed by atoms with van der Waals surface area (Å²) < 4.78 is 5.19. The van der Waals surface area contributed by atoms with Crippen molar-refractivity contribution >= 4 is 17.1 Å². The van der Waals surface area contributed by atoms with Gasteiger partial charge in [0, 0.05) is 48.6 Å². The summed E-state index contributed by atoms with van der Waals surface area (Å²) >= 11 is 0. The van der Waals surface area contributed by atoms with Gasteiger partial charge >= 0.3 is 0 Å². The van der Waals surface area contributed by atoms with Gasteiger partial charge in [-0.05, 0) is 55.7 Å². The lowest BCUT2D eigenvalue weighted by atomic mass is 9.90. The highest BCUT2D eigenvalue weighted by Gasteiger charge is 2.34. The summed E-state index contributed by atoms with van der Waals surface area (Å²) in [5.74, 6) is 1.02. The van der Waals surface area contributed by atoms with E-state index in [1.807, 2.05) is 12.1 Å². The first kappa shape index (κ1) is 22.9. The van der Waals surface area contributed by atoms with Gasteiger partial charge in [-0.1, -0.05) is 19.4 Å². The zero-order chi connectivity index (χ0) is 23.4. The van der Waals surface area contributed by atoms with Crippen molar-refractivity contribution in [2.45, 2.75) is 44.7 Å². The molecule has 1 unspecified atom stereocenters. The van der Waals surface area contributed by atoms with E-state index in [-0.39, 0.29) is 11.5 Å². The van der Waals surface area contributed by atoms with E-state index in [0.29, 0.717) is 23.3 Å². The lowest BCUT2D eigenvalue weighted by Gasteiger charge is -2.40. The van der Waals surface area contributed by atoms with Crippen molar-refractivity contribution in [1.82, 2.24) is 20.7 Å². The molecule has 8 nitrogen and oxygen atoms in total. The smallest absolute Gasteiger partial charge is 0.205 e. The van der Waals surface area contributed by atoms with Crippen LogP contribution in [0, 0.1) is 10.8 Å². The number of hydrogen-bond donors (Lipinski definition) is 5. The molecule has 0 bridgehead atoms. The third-order valence-electron chi connectivity index (χ3n) is 6.84. The molecule has 0 amide bonds. The zero-order valence-electron chi connectivity index (χ0n) is 19.4. The number of methoxy groups -OCH3 is 1. The Labute approximate surface area is 195 Å². The lowest BCUT2D eigenvalue weighted by Crippen LogP contribution is -2.47. The van der Waals surface area contributed by atoms with Gasteiger partial charge in [0.2, 0.25) is 5.88 Å². The summed E-state index contributed by atoms with van der Waals surface area (Å²) in [5, 5.41) is 27.4. The number of phenolic OH excluding ortho intramolecular Hbond substituents is 1. The predicted octanol–water partition coefficient (Wildman–Crippen LogP) is 3.18. The molecule has 0 spiro atoms. The number of allylic oxidation sites excluding steroid dienone is 3. The van der Waals surface area contributed by atoms with Crippen molar-refractivity contribution in [1.29, 1.82) is 10.8 Å². The molecule has 3 aliphatic rings. The van der Waals surface area contributed by atoms with Gasteiger partial charge in [0.1, 0.15) is 11.6 Å². The summed E-state index contributed by atoms with van der Waals surface area (Å²) in [7, 11) is 1.58. The molecule has 4 rings (SSSR count).